The van der Waals surface area contributed by atoms with Gasteiger partial charge in [-0.3, -0.25) is 4.79 Å². The third kappa shape index (κ3) is 4.29. The number of nitrogen functional groups attached to an aromatic ring is 1. The summed E-state index contributed by atoms with van der Waals surface area (Å²) in [5, 5.41) is 13.3. The first-order valence-corrected chi connectivity index (χ1v) is 8.91. The molecule has 0 amide bonds. The lowest BCUT2D eigenvalue weighted by molar-refractivity contribution is -0.137. The smallest absolute Gasteiger partial charge is 0.304 e. The number of imidazole rings is 1. The Labute approximate surface area is 165 Å². The van der Waals surface area contributed by atoms with Crippen LogP contribution >= 0.6 is 0 Å². The molecule has 0 aliphatic rings. The quantitative estimate of drug-likeness (QED) is 0.492. The van der Waals surface area contributed by atoms with Gasteiger partial charge in [0.15, 0.2) is 5.82 Å². The van der Waals surface area contributed by atoms with Crippen molar-refractivity contribution in [2.45, 2.75) is 18.9 Å². The van der Waals surface area contributed by atoms with Gasteiger partial charge in [0.2, 0.25) is 0 Å². The predicted octanol–water partition coefficient (Wildman–Crippen LogP) is 2.57. The molecule has 0 aliphatic carbocycles. The fourth-order valence-electron chi connectivity index (χ4n) is 3.01. The minimum absolute atomic E-state index is 0.108. The van der Waals surface area contributed by atoms with E-state index in [4.69, 9.17) is 10.3 Å². The van der Waals surface area contributed by atoms with Crippen LogP contribution in [-0.2, 0) is 11.3 Å². The van der Waals surface area contributed by atoms with Crippen molar-refractivity contribution in [2.75, 3.05) is 5.73 Å². The van der Waals surface area contributed by atoms with E-state index >= 15 is 0 Å². The van der Waals surface area contributed by atoms with Gasteiger partial charge in [0.1, 0.15) is 5.82 Å². The van der Waals surface area contributed by atoms with E-state index < -0.39 is 11.9 Å². The molecule has 29 heavy (non-hydrogen) atoms. The van der Waals surface area contributed by atoms with Gasteiger partial charge in [-0.15, -0.1) is 0 Å². The number of hydrogen-bond donors (Lipinski definition) is 2. The molecule has 9 heteroatoms. The first-order valence-electron chi connectivity index (χ1n) is 8.91. The van der Waals surface area contributed by atoms with Crippen LogP contribution in [-0.4, -0.2) is 35.8 Å². The molecule has 4 rings (SSSR count). The number of aliphatic carboxylic acids is 1. The lowest BCUT2D eigenvalue weighted by atomic mass is 9.94. The number of anilines is 1. The maximum atomic E-state index is 11.3. The number of rotatable bonds is 7. The molecule has 0 aliphatic heterocycles. The number of carboxylic acid groups (broad SMARTS) is 1. The normalized spacial score (nSPS) is 12.0. The van der Waals surface area contributed by atoms with Gasteiger partial charge in [0, 0.05) is 23.9 Å². The van der Waals surface area contributed by atoms with Crippen LogP contribution < -0.4 is 5.73 Å². The number of carbonyl (C=O) groups is 1. The molecular weight excluding hydrogens is 372 g/mol. The van der Waals surface area contributed by atoms with Crippen molar-refractivity contribution in [3.05, 3.63) is 78.3 Å². The Morgan fingerprint density at radius 1 is 1.17 bits per heavy atom. The monoisotopic (exact) mass is 390 g/mol. The summed E-state index contributed by atoms with van der Waals surface area (Å²) in [4.78, 5) is 24.2. The van der Waals surface area contributed by atoms with Crippen molar-refractivity contribution < 1.29 is 14.4 Å². The van der Waals surface area contributed by atoms with E-state index in [1.165, 1.54) is 0 Å². The Morgan fingerprint density at radius 3 is 2.72 bits per heavy atom. The molecular formula is C20H18N6O3. The summed E-state index contributed by atoms with van der Waals surface area (Å²) >= 11 is 0. The van der Waals surface area contributed by atoms with Crippen LogP contribution in [0.2, 0.25) is 0 Å². The van der Waals surface area contributed by atoms with Crippen LogP contribution in [0.3, 0.4) is 0 Å². The van der Waals surface area contributed by atoms with Crippen molar-refractivity contribution in [1.29, 1.82) is 0 Å². The minimum Gasteiger partial charge on any atom is -0.481 e. The molecule has 1 atom stereocenters. The van der Waals surface area contributed by atoms with E-state index in [0.717, 1.165) is 11.1 Å². The molecule has 0 radical (unpaired) electrons. The van der Waals surface area contributed by atoms with Crippen molar-refractivity contribution in [2.24, 2.45) is 0 Å². The zero-order chi connectivity index (χ0) is 20.2. The van der Waals surface area contributed by atoms with E-state index in [0.29, 0.717) is 29.8 Å². The topological polar surface area (TPSA) is 133 Å². The van der Waals surface area contributed by atoms with Crippen LogP contribution in [0.5, 0.6) is 0 Å². The Hall–Kier alpha value is -4.01. The van der Waals surface area contributed by atoms with Gasteiger partial charge in [-0.2, -0.15) is 4.98 Å². The standard InChI is InChI=1S/C20H18N6O3/c21-17-7-6-14(9-22-17)15(8-19(27)28)16-10-26(12-23-16)11-18-24-20(29-25-18)13-4-2-1-3-5-13/h1-7,9-10,12,15H,8,11H2,(H2,21,22)(H,27,28). The molecule has 0 saturated heterocycles. The highest BCUT2D eigenvalue weighted by atomic mass is 16.5. The summed E-state index contributed by atoms with van der Waals surface area (Å²) in [5.41, 5.74) is 7.82. The van der Waals surface area contributed by atoms with Crippen LogP contribution in [0.15, 0.2) is 65.7 Å². The number of aromatic nitrogens is 5. The lowest BCUT2D eigenvalue weighted by Gasteiger charge is -2.12. The third-order valence-electron chi connectivity index (χ3n) is 4.41. The van der Waals surface area contributed by atoms with Crippen LogP contribution in [0.4, 0.5) is 5.82 Å². The number of nitrogens with zero attached hydrogens (tertiary/aromatic N) is 5. The molecule has 3 aromatic heterocycles. The Morgan fingerprint density at radius 2 is 2.00 bits per heavy atom. The van der Waals surface area contributed by atoms with Crippen molar-refractivity contribution >= 4 is 11.8 Å². The fourth-order valence-corrected chi connectivity index (χ4v) is 3.01. The summed E-state index contributed by atoms with van der Waals surface area (Å²) in [7, 11) is 0. The minimum atomic E-state index is -0.924. The molecule has 0 saturated carbocycles. The second-order valence-corrected chi connectivity index (χ2v) is 6.52. The number of hydrogen-bond acceptors (Lipinski definition) is 7. The Kier molecular flexibility index (Phi) is 5.02. The highest BCUT2D eigenvalue weighted by Gasteiger charge is 2.21. The van der Waals surface area contributed by atoms with Gasteiger partial charge >= 0.3 is 5.97 Å². The SMILES string of the molecule is Nc1ccc(C(CC(=O)O)c2cn(Cc3noc(-c4ccccc4)n3)cn2)cn1. The maximum absolute atomic E-state index is 11.3. The van der Waals surface area contributed by atoms with Gasteiger partial charge in [-0.05, 0) is 23.8 Å². The van der Waals surface area contributed by atoms with E-state index in [9.17, 15) is 9.90 Å². The highest BCUT2D eigenvalue weighted by Crippen LogP contribution is 2.27. The molecule has 1 aromatic carbocycles. The van der Waals surface area contributed by atoms with Crippen LogP contribution in [0.25, 0.3) is 11.5 Å². The van der Waals surface area contributed by atoms with Crippen molar-refractivity contribution in [1.82, 2.24) is 24.7 Å². The summed E-state index contributed by atoms with van der Waals surface area (Å²) < 4.78 is 7.10. The molecule has 4 aromatic rings. The molecule has 3 heterocycles. The Balaban J connectivity index is 1.54. The largest absolute Gasteiger partial charge is 0.481 e. The van der Waals surface area contributed by atoms with Gasteiger partial charge in [-0.25, -0.2) is 9.97 Å². The van der Waals surface area contributed by atoms with E-state index in [-0.39, 0.29) is 6.42 Å². The van der Waals surface area contributed by atoms with E-state index in [2.05, 4.69) is 20.1 Å². The Bertz CT molecular complexity index is 1100. The fraction of sp³-hybridized carbons (Fsp3) is 0.150. The van der Waals surface area contributed by atoms with Gasteiger partial charge in [0.25, 0.3) is 5.89 Å². The first kappa shape index (κ1) is 18.4. The average molecular weight is 390 g/mol. The lowest BCUT2D eigenvalue weighted by Crippen LogP contribution is -2.09. The van der Waals surface area contributed by atoms with Crippen LogP contribution in [0.1, 0.15) is 29.4 Å². The van der Waals surface area contributed by atoms with Crippen molar-refractivity contribution in [3.8, 4) is 11.5 Å². The van der Waals surface area contributed by atoms with Crippen molar-refractivity contribution in [3.63, 3.8) is 0 Å². The number of carboxylic acids is 1. The third-order valence-corrected chi connectivity index (χ3v) is 4.41. The maximum Gasteiger partial charge on any atom is 0.304 e. The van der Waals surface area contributed by atoms with Crippen LogP contribution in [0, 0.1) is 0 Å². The zero-order valence-corrected chi connectivity index (χ0v) is 15.3. The highest BCUT2D eigenvalue weighted by molar-refractivity contribution is 5.68. The second-order valence-electron chi connectivity index (χ2n) is 6.52. The molecule has 1 unspecified atom stereocenters. The number of benzene rings is 1. The summed E-state index contributed by atoms with van der Waals surface area (Å²) in [6.07, 6.45) is 4.87. The van der Waals surface area contributed by atoms with Gasteiger partial charge in [0.05, 0.1) is 25.0 Å². The molecule has 146 valence electrons. The summed E-state index contributed by atoms with van der Waals surface area (Å²) in [6.45, 7) is 0.350. The molecule has 3 N–H and O–H groups in total. The van der Waals surface area contributed by atoms with E-state index in [1.54, 1.807) is 35.4 Å². The molecule has 9 nitrogen and oxygen atoms in total. The van der Waals surface area contributed by atoms with E-state index in [1.807, 2.05) is 30.3 Å². The molecule has 0 fully saturated rings. The number of pyridine rings is 1. The van der Waals surface area contributed by atoms with Gasteiger partial charge in [-0.1, -0.05) is 29.4 Å². The number of nitrogens with two attached hydrogens (primary N) is 1. The molecule has 0 bridgehead atoms. The second kappa shape index (κ2) is 7.93. The predicted molar refractivity (Wildman–Crippen MR) is 104 cm³/mol. The zero-order valence-electron chi connectivity index (χ0n) is 15.3. The molecule has 0 spiro atoms. The first-order chi connectivity index (χ1) is 14.1. The summed E-state index contributed by atoms with van der Waals surface area (Å²) in [5.74, 6) is -0.0481. The summed E-state index contributed by atoms with van der Waals surface area (Å²) in [6, 6.07) is 12.9. The average Bonchev–Trinajstić information content (AvgIpc) is 3.38. The van der Waals surface area contributed by atoms with Gasteiger partial charge < -0.3 is 19.9 Å².